The number of para-hydroxylation sites is 1. The second kappa shape index (κ2) is 5.57. The van der Waals surface area contributed by atoms with Gasteiger partial charge in [-0.25, -0.2) is 9.37 Å². The maximum absolute atomic E-state index is 14.5. The molecule has 3 aromatic rings. The van der Waals surface area contributed by atoms with E-state index in [-0.39, 0.29) is 0 Å². The van der Waals surface area contributed by atoms with Crippen LogP contribution >= 0.6 is 0 Å². The number of hydrogen-bond acceptors (Lipinski definition) is 4. The minimum atomic E-state index is -4.87. The van der Waals surface area contributed by atoms with Crippen molar-refractivity contribution in [3.8, 4) is 5.88 Å². The zero-order valence-corrected chi connectivity index (χ0v) is 12.0. The van der Waals surface area contributed by atoms with Crippen LogP contribution in [-0.4, -0.2) is 20.1 Å². The number of fused-ring (bicyclic) bond motifs is 1. The molecule has 0 saturated carbocycles. The summed E-state index contributed by atoms with van der Waals surface area (Å²) in [7, 11) is 0. The van der Waals surface area contributed by atoms with Crippen molar-refractivity contribution in [3.63, 3.8) is 0 Å². The monoisotopic (exact) mass is 359 g/mol. The van der Waals surface area contributed by atoms with Gasteiger partial charge in [0.05, 0.1) is 22.7 Å². The van der Waals surface area contributed by atoms with E-state index in [1.807, 2.05) is 0 Å². The molecular weight excluding hydrogens is 352 g/mol. The quantitative estimate of drug-likeness (QED) is 0.702. The van der Waals surface area contributed by atoms with Crippen LogP contribution < -0.4 is 0 Å². The predicted molar refractivity (Wildman–Crippen MR) is 73.4 cm³/mol. The zero-order valence-electron chi connectivity index (χ0n) is 12.0. The van der Waals surface area contributed by atoms with Crippen LogP contribution in [-0.2, 0) is 12.1 Å². The molecule has 0 amide bonds. The van der Waals surface area contributed by atoms with Gasteiger partial charge in [0.15, 0.2) is 0 Å². The number of aromatic nitrogens is 3. The average Bonchev–Trinajstić information content (AvgIpc) is 2.53. The van der Waals surface area contributed by atoms with Gasteiger partial charge >= 0.3 is 12.1 Å². The maximum Gasteiger partial charge on any atom is 0.418 e. The normalized spacial score (nSPS) is 12.6. The highest BCUT2D eigenvalue weighted by atomic mass is 19.4. The molecular formula is C15H7F6N3O. The number of rotatable bonds is 2. The largest absolute Gasteiger partial charge is 0.493 e. The fourth-order valence-corrected chi connectivity index (χ4v) is 2.18. The van der Waals surface area contributed by atoms with Crippen molar-refractivity contribution in [2.24, 2.45) is 0 Å². The lowest BCUT2D eigenvalue weighted by molar-refractivity contribution is -0.136. The molecule has 1 N–H and O–H groups in total. The molecule has 0 radical (unpaired) electrons. The Kier molecular flexibility index (Phi) is 3.77. The lowest BCUT2D eigenvalue weighted by atomic mass is 10.1. The van der Waals surface area contributed by atoms with E-state index in [0.29, 0.717) is 24.4 Å². The van der Waals surface area contributed by atoms with Gasteiger partial charge in [-0.05, 0) is 24.3 Å². The summed E-state index contributed by atoms with van der Waals surface area (Å²) in [5.74, 6) is -7.33. The topological polar surface area (TPSA) is 58.9 Å². The fourth-order valence-electron chi connectivity index (χ4n) is 2.18. The second-order valence-corrected chi connectivity index (χ2v) is 5.01. The van der Waals surface area contributed by atoms with Crippen molar-refractivity contribution in [1.82, 2.24) is 15.0 Å². The summed E-state index contributed by atoms with van der Waals surface area (Å²) in [6.45, 7) is 0. The fraction of sp³-hybridized carbons (Fsp3) is 0.133. The second-order valence-electron chi connectivity index (χ2n) is 5.01. The molecule has 0 unspecified atom stereocenters. The lowest BCUT2D eigenvalue weighted by Crippen LogP contribution is -2.21. The van der Waals surface area contributed by atoms with Gasteiger partial charge in [0, 0.05) is 0 Å². The number of halogens is 6. The highest BCUT2D eigenvalue weighted by Gasteiger charge is 2.41. The number of aromatic hydroxyl groups is 1. The molecule has 0 atom stereocenters. The Morgan fingerprint density at radius 1 is 0.920 bits per heavy atom. The van der Waals surface area contributed by atoms with Crippen LogP contribution in [0, 0.1) is 5.82 Å². The standard InChI is InChI=1S/C15H7F6N3O/c16-7-4-5-10(22-6-7)14(17,18)13-23-11-8(12(25)24-13)2-1-3-9(11)15(19,20)21/h1-6H,(H,23,24,25). The molecule has 3 rings (SSSR count). The van der Waals surface area contributed by atoms with Crippen LogP contribution in [0.15, 0.2) is 36.5 Å². The van der Waals surface area contributed by atoms with Crippen molar-refractivity contribution < 1.29 is 31.4 Å². The van der Waals surface area contributed by atoms with Crippen molar-refractivity contribution in [2.75, 3.05) is 0 Å². The summed E-state index contributed by atoms with van der Waals surface area (Å²) in [5, 5.41) is 9.34. The number of nitrogens with zero attached hydrogens (tertiary/aromatic N) is 3. The van der Waals surface area contributed by atoms with E-state index in [0.717, 1.165) is 12.1 Å². The number of pyridine rings is 1. The Balaban J connectivity index is 2.25. The highest BCUT2D eigenvalue weighted by Crippen LogP contribution is 2.39. The van der Waals surface area contributed by atoms with Gasteiger partial charge in [-0.1, -0.05) is 6.07 Å². The van der Waals surface area contributed by atoms with Gasteiger partial charge in [-0.15, -0.1) is 0 Å². The number of alkyl halides is 5. The highest BCUT2D eigenvalue weighted by molar-refractivity contribution is 5.86. The third kappa shape index (κ3) is 2.94. The van der Waals surface area contributed by atoms with E-state index in [1.165, 1.54) is 0 Å². The van der Waals surface area contributed by atoms with E-state index in [1.54, 1.807) is 0 Å². The Labute approximate surface area is 135 Å². The molecule has 0 fully saturated rings. The van der Waals surface area contributed by atoms with Gasteiger partial charge < -0.3 is 5.11 Å². The van der Waals surface area contributed by atoms with Crippen molar-refractivity contribution in [3.05, 3.63) is 59.4 Å². The van der Waals surface area contributed by atoms with Gasteiger partial charge in [-0.3, -0.25) is 4.98 Å². The molecule has 0 bridgehead atoms. The minimum absolute atomic E-state index is 0.429. The van der Waals surface area contributed by atoms with Gasteiger partial charge in [0.25, 0.3) is 0 Å². The maximum atomic E-state index is 14.5. The third-order valence-corrected chi connectivity index (χ3v) is 3.34. The Bertz CT molecular complexity index is 940. The van der Waals surface area contributed by atoms with Crippen LogP contribution in [0.4, 0.5) is 26.3 Å². The lowest BCUT2D eigenvalue weighted by Gasteiger charge is -2.16. The van der Waals surface area contributed by atoms with Crippen molar-refractivity contribution >= 4 is 10.9 Å². The molecule has 4 nitrogen and oxygen atoms in total. The smallest absolute Gasteiger partial charge is 0.418 e. The van der Waals surface area contributed by atoms with Crippen molar-refractivity contribution in [1.29, 1.82) is 0 Å². The predicted octanol–water partition coefficient (Wildman–Crippen LogP) is 4.03. The zero-order chi connectivity index (χ0) is 18.4. The summed E-state index contributed by atoms with van der Waals surface area (Å²) >= 11 is 0. The first-order valence-electron chi connectivity index (χ1n) is 6.68. The molecule has 0 saturated heterocycles. The van der Waals surface area contributed by atoms with Crippen LogP contribution in [0.2, 0.25) is 0 Å². The summed E-state index contributed by atoms with van der Waals surface area (Å²) < 4.78 is 80.9. The number of benzene rings is 1. The average molecular weight is 359 g/mol. The minimum Gasteiger partial charge on any atom is -0.493 e. The van der Waals surface area contributed by atoms with Gasteiger partial charge in [0.2, 0.25) is 11.7 Å². The molecule has 0 aliphatic rings. The van der Waals surface area contributed by atoms with E-state index in [9.17, 15) is 31.4 Å². The summed E-state index contributed by atoms with van der Waals surface area (Å²) in [5.41, 5.74) is -3.15. The van der Waals surface area contributed by atoms with Crippen LogP contribution in [0.1, 0.15) is 17.1 Å². The van der Waals surface area contributed by atoms with Gasteiger partial charge in [-0.2, -0.15) is 26.9 Å². The van der Waals surface area contributed by atoms with Crippen molar-refractivity contribution in [2.45, 2.75) is 12.1 Å². The molecule has 10 heteroatoms. The molecule has 25 heavy (non-hydrogen) atoms. The first-order valence-corrected chi connectivity index (χ1v) is 6.68. The van der Waals surface area contributed by atoms with E-state index in [4.69, 9.17) is 0 Å². The van der Waals surface area contributed by atoms with Crippen LogP contribution in [0.3, 0.4) is 0 Å². The molecule has 130 valence electrons. The first kappa shape index (κ1) is 16.9. The summed E-state index contributed by atoms with van der Waals surface area (Å²) in [4.78, 5) is 9.68. The van der Waals surface area contributed by atoms with Crippen LogP contribution in [0.25, 0.3) is 10.9 Å². The molecule has 0 spiro atoms. The summed E-state index contributed by atoms with van der Waals surface area (Å²) in [6.07, 6.45) is -4.35. The van der Waals surface area contributed by atoms with Gasteiger partial charge in [0.1, 0.15) is 11.5 Å². The Morgan fingerprint density at radius 3 is 2.24 bits per heavy atom. The SMILES string of the molecule is Oc1nc(C(F)(F)c2ccc(F)cn2)nc2c(C(F)(F)F)cccc12. The molecule has 2 aromatic heterocycles. The molecule has 0 aliphatic heterocycles. The molecule has 2 heterocycles. The van der Waals surface area contributed by atoms with Crippen LogP contribution in [0.5, 0.6) is 5.88 Å². The third-order valence-electron chi connectivity index (χ3n) is 3.34. The van der Waals surface area contributed by atoms with E-state index >= 15 is 0 Å². The van der Waals surface area contributed by atoms with E-state index < -0.39 is 51.8 Å². The van der Waals surface area contributed by atoms with E-state index in [2.05, 4.69) is 15.0 Å². The molecule has 1 aromatic carbocycles. The molecule has 0 aliphatic carbocycles. The first-order chi connectivity index (χ1) is 11.6. The number of hydrogen-bond donors (Lipinski definition) is 1. The Hall–Kier alpha value is -2.91. The summed E-state index contributed by atoms with van der Waals surface area (Å²) in [6, 6.07) is 4.06. The Morgan fingerprint density at radius 2 is 1.64 bits per heavy atom.